The van der Waals surface area contributed by atoms with Gasteiger partial charge in [-0.2, -0.15) is 0 Å². The number of methoxy groups -OCH3 is 2. The van der Waals surface area contributed by atoms with E-state index in [9.17, 15) is 5.11 Å². The molecule has 0 spiro atoms. The number of fused-ring (bicyclic) bond motifs is 1. The van der Waals surface area contributed by atoms with Crippen molar-refractivity contribution in [3.05, 3.63) is 93.6 Å². The Kier molecular flexibility index (Phi) is 8.30. The second-order valence-electron chi connectivity index (χ2n) is 8.30. The summed E-state index contributed by atoms with van der Waals surface area (Å²) < 4.78 is 17.3. The van der Waals surface area contributed by atoms with Crippen molar-refractivity contribution < 1.29 is 19.3 Å². The zero-order valence-electron chi connectivity index (χ0n) is 20.2. The highest BCUT2D eigenvalue weighted by Crippen LogP contribution is 2.35. The molecule has 0 bridgehead atoms. The molecule has 9 heteroatoms. The summed E-state index contributed by atoms with van der Waals surface area (Å²) in [7, 11) is 3.23. The smallest absolute Gasteiger partial charge is 0.173 e. The molecule has 36 heavy (non-hydrogen) atoms. The first-order valence-electron chi connectivity index (χ1n) is 11.4. The number of allylic oxidation sites excluding steroid dienone is 2. The Morgan fingerprint density at radius 3 is 2.75 bits per heavy atom. The number of aryl methyl sites for hydroxylation is 1. The van der Waals surface area contributed by atoms with E-state index >= 15 is 0 Å². The second kappa shape index (κ2) is 11.6. The van der Waals surface area contributed by atoms with Crippen LogP contribution in [0.15, 0.2) is 82.4 Å². The third-order valence-electron chi connectivity index (χ3n) is 5.79. The Hall–Kier alpha value is -3.33. The van der Waals surface area contributed by atoms with Crippen LogP contribution in [-0.2, 0) is 9.47 Å². The van der Waals surface area contributed by atoms with Crippen molar-refractivity contribution in [1.29, 1.82) is 0 Å². The van der Waals surface area contributed by atoms with Gasteiger partial charge in [0.1, 0.15) is 17.6 Å². The Morgan fingerprint density at radius 2 is 2.03 bits per heavy atom. The van der Waals surface area contributed by atoms with Crippen LogP contribution in [0.1, 0.15) is 30.2 Å². The number of ether oxygens (including phenoxy) is 3. The predicted molar refractivity (Wildman–Crippen MR) is 146 cm³/mol. The topological polar surface area (TPSA) is 84.3 Å². The molecular formula is C27H28ClN3O4S. The molecule has 1 heterocycles. The number of thiocarbonyl (C=S) groups is 1. The largest absolute Gasteiger partial charge is 0.497 e. The molecule has 4 rings (SSSR count). The summed E-state index contributed by atoms with van der Waals surface area (Å²) in [5, 5.41) is 17.0. The fraction of sp³-hybridized carbons (Fsp3) is 0.259. The van der Waals surface area contributed by atoms with Gasteiger partial charge in [0.2, 0.25) is 0 Å². The Bertz CT molecular complexity index is 1270. The molecule has 1 aliphatic heterocycles. The zero-order valence-corrected chi connectivity index (χ0v) is 21.8. The molecule has 1 aliphatic carbocycles. The van der Waals surface area contributed by atoms with Crippen molar-refractivity contribution in [1.82, 2.24) is 5.32 Å². The first kappa shape index (κ1) is 25.8. The van der Waals surface area contributed by atoms with Gasteiger partial charge in [-0.25, -0.2) is 0 Å². The highest BCUT2D eigenvalue weighted by Gasteiger charge is 2.26. The fourth-order valence-electron chi connectivity index (χ4n) is 3.97. The lowest BCUT2D eigenvalue weighted by Crippen LogP contribution is -2.32. The number of halogens is 1. The predicted octanol–water partition coefficient (Wildman–Crippen LogP) is 5.57. The number of hydrogen-bond acceptors (Lipinski definition) is 6. The first-order chi connectivity index (χ1) is 17.4. The number of benzene rings is 2. The Morgan fingerprint density at radius 1 is 1.19 bits per heavy atom. The lowest BCUT2D eigenvalue weighted by atomic mass is 10.0. The number of aliphatic imine (C=N–C) groups is 1. The van der Waals surface area contributed by atoms with Crippen LogP contribution in [0, 0.1) is 6.92 Å². The molecule has 2 aliphatic rings. The van der Waals surface area contributed by atoms with E-state index in [1.165, 1.54) is 0 Å². The lowest BCUT2D eigenvalue weighted by molar-refractivity contribution is 0.163. The summed E-state index contributed by atoms with van der Waals surface area (Å²) in [5.74, 6) is 1.90. The number of rotatable bonds is 7. The zero-order chi connectivity index (χ0) is 25.7. The van der Waals surface area contributed by atoms with Crippen LogP contribution >= 0.6 is 23.8 Å². The molecule has 0 fully saturated rings. The van der Waals surface area contributed by atoms with E-state index in [4.69, 9.17) is 38.0 Å². The monoisotopic (exact) mass is 525 g/mol. The van der Waals surface area contributed by atoms with Gasteiger partial charge < -0.3 is 30.0 Å². The average molecular weight is 526 g/mol. The molecule has 2 aromatic rings. The number of hydrogen-bond donors (Lipinski definition) is 3. The summed E-state index contributed by atoms with van der Waals surface area (Å²) in [6.07, 6.45) is 5.68. The van der Waals surface area contributed by atoms with Crippen molar-refractivity contribution >= 4 is 40.8 Å². The van der Waals surface area contributed by atoms with Crippen molar-refractivity contribution in [2.75, 3.05) is 19.5 Å². The van der Waals surface area contributed by atoms with Gasteiger partial charge in [-0.1, -0.05) is 47.5 Å². The molecule has 2 aromatic carbocycles. The minimum Gasteiger partial charge on any atom is -0.497 e. The van der Waals surface area contributed by atoms with E-state index in [0.717, 1.165) is 28.2 Å². The maximum atomic E-state index is 10.4. The summed E-state index contributed by atoms with van der Waals surface area (Å²) in [6.45, 7) is 1.96. The van der Waals surface area contributed by atoms with E-state index in [1.807, 2.05) is 55.6 Å². The van der Waals surface area contributed by atoms with Gasteiger partial charge >= 0.3 is 0 Å². The molecule has 7 nitrogen and oxygen atoms in total. The van der Waals surface area contributed by atoms with Crippen LogP contribution in [0.2, 0.25) is 5.02 Å². The minimum absolute atomic E-state index is 0.267. The third kappa shape index (κ3) is 6.07. The number of nitrogens with zero attached hydrogens (tertiary/aromatic N) is 1. The number of aliphatic hydroxyl groups is 1. The molecule has 0 saturated heterocycles. The quantitative estimate of drug-likeness (QED) is 0.322. The molecule has 0 aromatic heterocycles. The highest BCUT2D eigenvalue weighted by molar-refractivity contribution is 7.80. The van der Waals surface area contributed by atoms with Gasteiger partial charge in [-0.05, 0) is 43.4 Å². The van der Waals surface area contributed by atoms with Gasteiger partial charge in [0.15, 0.2) is 17.1 Å². The summed E-state index contributed by atoms with van der Waals surface area (Å²) in [4.78, 5) is 4.53. The molecule has 0 saturated carbocycles. The molecule has 2 unspecified atom stereocenters. The lowest BCUT2D eigenvalue weighted by Gasteiger charge is -2.25. The molecule has 2 atom stereocenters. The third-order valence-corrected chi connectivity index (χ3v) is 6.30. The summed E-state index contributed by atoms with van der Waals surface area (Å²) in [5.41, 5.74) is 4.16. The van der Waals surface area contributed by atoms with Crippen molar-refractivity contribution in [2.24, 2.45) is 4.99 Å². The van der Waals surface area contributed by atoms with Gasteiger partial charge in [-0.3, -0.25) is 4.99 Å². The van der Waals surface area contributed by atoms with E-state index in [-0.39, 0.29) is 11.2 Å². The normalized spacial score (nSPS) is 17.8. The molecule has 0 amide bonds. The van der Waals surface area contributed by atoms with Crippen molar-refractivity contribution in [3.63, 3.8) is 0 Å². The summed E-state index contributed by atoms with van der Waals surface area (Å²) >= 11 is 11.9. The van der Waals surface area contributed by atoms with Crippen LogP contribution < -0.4 is 15.4 Å². The van der Waals surface area contributed by atoms with Crippen molar-refractivity contribution in [2.45, 2.75) is 32.1 Å². The van der Waals surface area contributed by atoms with E-state index in [2.05, 4.69) is 15.6 Å². The highest BCUT2D eigenvalue weighted by atomic mass is 35.5. The molecular weight excluding hydrogens is 498 g/mol. The van der Waals surface area contributed by atoms with E-state index < -0.39 is 6.23 Å². The van der Waals surface area contributed by atoms with Crippen LogP contribution in [0.3, 0.4) is 0 Å². The molecule has 3 N–H and O–H groups in total. The number of aliphatic hydroxyl groups excluding tert-OH is 1. The van der Waals surface area contributed by atoms with Gasteiger partial charge in [0, 0.05) is 35.9 Å². The maximum absolute atomic E-state index is 10.4. The number of nitrogens with one attached hydrogen (secondary N) is 2. The maximum Gasteiger partial charge on any atom is 0.173 e. The standard InChI is InChI=1S/C27H28ClN3O4S/c1-16-5-4-6-17(13-16)26(32)31-27(36)30-18-7-9-23(20(28)14-18)35-22-11-12-29-21-8-10-24(33-2)25(34-3)15-19(21)22/h4-9,12-15,22,26,32H,10-11H2,1-3H3,(H2,30,31,36). The van der Waals surface area contributed by atoms with Crippen LogP contribution in [0.5, 0.6) is 5.75 Å². The van der Waals surface area contributed by atoms with Crippen LogP contribution in [0.25, 0.3) is 0 Å². The molecule has 0 radical (unpaired) electrons. The average Bonchev–Trinajstić information content (AvgIpc) is 3.05. The molecule has 188 valence electrons. The van der Waals surface area contributed by atoms with Crippen molar-refractivity contribution in [3.8, 4) is 5.75 Å². The van der Waals surface area contributed by atoms with E-state index in [0.29, 0.717) is 35.1 Å². The SMILES string of the molecule is COC1=C(OC)CC=C2N=CCC(Oc3ccc(NC(=S)NC(O)c4cccc(C)c4)cc3Cl)C2=C1. The van der Waals surface area contributed by atoms with Gasteiger partial charge in [0.05, 0.1) is 24.9 Å². The first-order valence-corrected chi connectivity index (χ1v) is 12.2. The second-order valence-corrected chi connectivity index (χ2v) is 9.12. The van der Waals surface area contributed by atoms with Crippen LogP contribution in [-0.4, -0.2) is 36.8 Å². The fourth-order valence-corrected chi connectivity index (χ4v) is 4.43. The van der Waals surface area contributed by atoms with Gasteiger partial charge in [0.25, 0.3) is 0 Å². The summed E-state index contributed by atoms with van der Waals surface area (Å²) in [6, 6.07) is 12.9. The van der Waals surface area contributed by atoms with E-state index in [1.54, 1.807) is 26.4 Å². The minimum atomic E-state index is -0.935. The number of anilines is 1. The Labute approximate surface area is 221 Å². The van der Waals surface area contributed by atoms with Gasteiger partial charge in [-0.15, -0.1) is 0 Å². The van der Waals surface area contributed by atoms with Crippen LogP contribution in [0.4, 0.5) is 5.69 Å². The Balaban J connectivity index is 1.45.